The summed E-state index contributed by atoms with van der Waals surface area (Å²) in [6, 6.07) is 4.36. The van der Waals surface area contributed by atoms with Gasteiger partial charge in [-0.25, -0.2) is 4.39 Å². The van der Waals surface area contributed by atoms with E-state index >= 15 is 0 Å². The summed E-state index contributed by atoms with van der Waals surface area (Å²) in [6.45, 7) is 6.97. The van der Waals surface area contributed by atoms with Crippen molar-refractivity contribution in [3.05, 3.63) is 29.1 Å². The van der Waals surface area contributed by atoms with Gasteiger partial charge in [0.25, 0.3) is 0 Å². The fraction of sp³-hybridized carbons (Fsp3) is 0.500. The molecule has 1 N–H and O–H groups in total. The van der Waals surface area contributed by atoms with E-state index in [1.807, 2.05) is 18.7 Å². The Labute approximate surface area is 124 Å². The molecule has 1 aromatic rings. The lowest BCUT2D eigenvalue weighted by atomic mass is 10.0. The topological polar surface area (TPSA) is 64.3 Å². The lowest BCUT2D eigenvalue weighted by Gasteiger charge is -2.24. The third-order valence-electron chi connectivity index (χ3n) is 3.09. The first-order chi connectivity index (χ1) is 9.85. The molecule has 0 heterocycles. The molecule has 0 aliphatic rings. The average molecular weight is 292 g/mol. The van der Waals surface area contributed by atoms with Crippen molar-refractivity contribution in [3.8, 4) is 11.8 Å². The standard InChI is InChI=1S/C16H21FN2O2/c1-11(2)9-19(6-4-5-18)10-13-7-14(17)8-15(12(3)20)16(13)21/h7-8,11,21H,4,6,9-10H2,1-3H3. The first-order valence-electron chi connectivity index (χ1n) is 6.96. The molecule has 1 aromatic carbocycles. The maximum Gasteiger partial charge on any atom is 0.163 e. The number of aromatic hydroxyl groups is 1. The van der Waals surface area contributed by atoms with Gasteiger partial charge < -0.3 is 5.11 Å². The molecule has 0 spiro atoms. The van der Waals surface area contributed by atoms with Gasteiger partial charge in [0, 0.05) is 31.6 Å². The number of benzene rings is 1. The molecule has 0 amide bonds. The molecule has 114 valence electrons. The smallest absolute Gasteiger partial charge is 0.163 e. The minimum absolute atomic E-state index is 0.00483. The number of halogens is 1. The maximum absolute atomic E-state index is 13.6. The van der Waals surface area contributed by atoms with Crippen LogP contribution in [-0.2, 0) is 6.54 Å². The number of carbonyl (C=O) groups is 1. The second kappa shape index (κ2) is 7.75. The van der Waals surface area contributed by atoms with Gasteiger partial charge in [0.15, 0.2) is 5.78 Å². The Kier molecular flexibility index (Phi) is 6.32. The Morgan fingerprint density at radius 3 is 2.67 bits per heavy atom. The summed E-state index contributed by atoms with van der Waals surface area (Å²) in [5, 5.41) is 18.8. The van der Waals surface area contributed by atoms with Crippen LogP contribution in [0.5, 0.6) is 5.75 Å². The van der Waals surface area contributed by atoms with Crippen LogP contribution in [0.2, 0.25) is 0 Å². The van der Waals surface area contributed by atoms with Crippen molar-refractivity contribution >= 4 is 5.78 Å². The predicted molar refractivity (Wildman–Crippen MR) is 78.4 cm³/mol. The number of phenols is 1. The third-order valence-corrected chi connectivity index (χ3v) is 3.09. The van der Waals surface area contributed by atoms with Gasteiger partial charge in [-0.2, -0.15) is 5.26 Å². The fourth-order valence-electron chi connectivity index (χ4n) is 2.24. The highest BCUT2D eigenvalue weighted by atomic mass is 19.1. The molecule has 0 saturated carbocycles. The highest BCUT2D eigenvalue weighted by Crippen LogP contribution is 2.26. The summed E-state index contributed by atoms with van der Waals surface area (Å²) < 4.78 is 13.6. The highest BCUT2D eigenvalue weighted by Gasteiger charge is 2.16. The van der Waals surface area contributed by atoms with Crippen LogP contribution in [-0.4, -0.2) is 28.9 Å². The number of rotatable bonds is 7. The average Bonchev–Trinajstić information content (AvgIpc) is 2.38. The normalized spacial score (nSPS) is 10.9. The second-order valence-electron chi connectivity index (χ2n) is 5.55. The molecular formula is C16H21FN2O2. The Morgan fingerprint density at radius 1 is 1.48 bits per heavy atom. The van der Waals surface area contributed by atoms with E-state index in [9.17, 15) is 14.3 Å². The van der Waals surface area contributed by atoms with Crippen molar-refractivity contribution in [2.24, 2.45) is 5.92 Å². The summed E-state index contributed by atoms with van der Waals surface area (Å²) in [6.07, 6.45) is 0.363. The van der Waals surface area contributed by atoms with Crippen molar-refractivity contribution in [3.63, 3.8) is 0 Å². The first-order valence-corrected chi connectivity index (χ1v) is 6.96. The van der Waals surface area contributed by atoms with Crippen molar-refractivity contribution in [1.82, 2.24) is 4.90 Å². The fourth-order valence-corrected chi connectivity index (χ4v) is 2.24. The van der Waals surface area contributed by atoms with Gasteiger partial charge in [-0.1, -0.05) is 13.8 Å². The molecule has 0 aliphatic carbocycles. The van der Waals surface area contributed by atoms with Gasteiger partial charge in [0.1, 0.15) is 11.6 Å². The molecule has 5 heteroatoms. The van der Waals surface area contributed by atoms with Crippen LogP contribution in [0.25, 0.3) is 0 Å². The van der Waals surface area contributed by atoms with Crippen LogP contribution >= 0.6 is 0 Å². The van der Waals surface area contributed by atoms with Gasteiger partial charge in [-0.3, -0.25) is 9.69 Å². The molecule has 21 heavy (non-hydrogen) atoms. The van der Waals surface area contributed by atoms with Gasteiger partial charge >= 0.3 is 0 Å². The maximum atomic E-state index is 13.6. The SMILES string of the molecule is CC(=O)c1cc(F)cc(CN(CCC#N)CC(C)C)c1O. The molecule has 0 aliphatic heterocycles. The van der Waals surface area contributed by atoms with Crippen LogP contribution in [0, 0.1) is 23.1 Å². The zero-order chi connectivity index (χ0) is 16.0. The van der Waals surface area contributed by atoms with Crippen molar-refractivity contribution in [2.75, 3.05) is 13.1 Å². The second-order valence-corrected chi connectivity index (χ2v) is 5.55. The van der Waals surface area contributed by atoms with Crippen LogP contribution < -0.4 is 0 Å². The van der Waals surface area contributed by atoms with Crippen LogP contribution in [0.1, 0.15) is 43.1 Å². The van der Waals surface area contributed by atoms with E-state index in [2.05, 4.69) is 6.07 Å². The van der Waals surface area contributed by atoms with Gasteiger partial charge in [0.05, 0.1) is 11.6 Å². The molecule has 0 bridgehead atoms. The van der Waals surface area contributed by atoms with Crippen LogP contribution in [0.15, 0.2) is 12.1 Å². The van der Waals surface area contributed by atoms with E-state index < -0.39 is 5.82 Å². The van der Waals surface area contributed by atoms with E-state index in [4.69, 9.17) is 5.26 Å². The van der Waals surface area contributed by atoms with Gasteiger partial charge in [0.2, 0.25) is 0 Å². The van der Waals surface area contributed by atoms with E-state index in [1.165, 1.54) is 13.0 Å². The summed E-state index contributed by atoms with van der Waals surface area (Å²) in [4.78, 5) is 13.4. The number of nitrogens with zero attached hydrogens (tertiary/aromatic N) is 2. The highest BCUT2D eigenvalue weighted by molar-refractivity contribution is 5.97. The Hall–Kier alpha value is -1.93. The Balaban J connectivity index is 3.02. The molecule has 0 unspecified atom stereocenters. The van der Waals surface area contributed by atoms with Gasteiger partial charge in [-0.05, 0) is 25.0 Å². The third kappa shape index (κ3) is 5.16. The molecule has 0 saturated heterocycles. The number of carbonyl (C=O) groups excluding carboxylic acids is 1. The van der Waals surface area contributed by atoms with E-state index in [0.29, 0.717) is 31.0 Å². The Bertz CT molecular complexity index is 550. The zero-order valence-electron chi connectivity index (χ0n) is 12.7. The summed E-state index contributed by atoms with van der Waals surface area (Å²) in [5.41, 5.74) is 0.369. The van der Waals surface area contributed by atoms with Crippen molar-refractivity contribution in [2.45, 2.75) is 33.7 Å². The zero-order valence-corrected chi connectivity index (χ0v) is 12.7. The van der Waals surface area contributed by atoms with Crippen LogP contribution in [0.4, 0.5) is 4.39 Å². The molecule has 1 rings (SSSR count). The quantitative estimate of drug-likeness (QED) is 0.784. The first kappa shape index (κ1) is 17.1. The van der Waals surface area contributed by atoms with E-state index in [0.717, 1.165) is 12.6 Å². The number of phenolic OH excluding ortho intramolecular Hbond substituents is 1. The summed E-state index contributed by atoms with van der Waals surface area (Å²) >= 11 is 0. The minimum Gasteiger partial charge on any atom is -0.507 e. The predicted octanol–water partition coefficient (Wildman–Crippen LogP) is 3.11. The Morgan fingerprint density at radius 2 is 2.14 bits per heavy atom. The molecule has 0 aromatic heterocycles. The van der Waals surface area contributed by atoms with Crippen molar-refractivity contribution < 1.29 is 14.3 Å². The summed E-state index contributed by atoms with van der Waals surface area (Å²) in [5.74, 6) is -0.709. The molecule has 0 radical (unpaired) electrons. The van der Waals surface area contributed by atoms with Crippen molar-refractivity contribution in [1.29, 1.82) is 5.26 Å². The largest absolute Gasteiger partial charge is 0.507 e. The van der Waals surface area contributed by atoms with Crippen LogP contribution in [0.3, 0.4) is 0 Å². The number of Topliss-reactive ketones (excluding diaryl/α,β-unsaturated/α-hetero) is 1. The molecule has 4 nitrogen and oxygen atoms in total. The van der Waals surface area contributed by atoms with E-state index in [1.54, 1.807) is 0 Å². The summed E-state index contributed by atoms with van der Waals surface area (Å²) in [7, 11) is 0. The minimum atomic E-state index is -0.544. The van der Waals surface area contributed by atoms with E-state index in [-0.39, 0.29) is 17.1 Å². The molecular weight excluding hydrogens is 271 g/mol. The number of ketones is 1. The number of hydrogen-bond acceptors (Lipinski definition) is 4. The number of hydrogen-bond donors (Lipinski definition) is 1. The van der Waals surface area contributed by atoms with Gasteiger partial charge in [-0.15, -0.1) is 0 Å². The molecule has 0 atom stereocenters. The lowest BCUT2D eigenvalue weighted by molar-refractivity contribution is 0.101. The lowest BCUT2D eigenvalue weighted by Crippen LogP contribution is -2.28. The monoisotopic (exact) mass is 292 g/mol. The molecule has 0 fully saturated rings. The number of nitriles is 1.